The van der Waals surface area contributed by atoms with E-state index in [0.29, 0.717) is 0 Å². The predicted molar refractivity (Wildman–Crippen MR) is 77.2 cm³/mol. The number of benzene rings is 1. The second-order valence-electron chi connectivity index (χ2n) is 5.52. The molecular weight excluding hydrogens is 236 g/mol. The summed E-state index contributed by atoms with van der Waals surface area (Å²) < 4.78 is 5.76. The Kier molecular flexibility index (Phi) is 3.83. The molecule has 1 aromatic carbocycles. The summed E-state index contributed by atoms with van der Waals surface area (Å²) in [5.74, 6) is 1.82. The van der Waals surface area contributed by atoms with Crippen molar-refractivity contribution < 1.29 is 4.42 Å². The quantitative estimate of drug-likeness (QED) is 0.840. The standard InChI is InChI=1S/C16H22N2O/c1-2-13-7-10-18(11-8-13)12-9-16-17-14-5-3-4-6-15(14)19-16/h3-6,13H,2,7-12H2,1H3. The van der Waals surface area contributed by atoms with Crippen molar-refractivity contribution in [3.63, 3.8) is 0 Å². The lowest BCUT2D eigenvalue weighted by atomic mass is 9.94. The van der Waals surface area contributed by atoms with Crippen molar-refractivity contribution >= 4 is 11.1 Å². The number of hydrogen-bond donors (Lipinski definition) is 0. The highest BCUT2D eigenvalue weighted by Crippen LogP contribution is 2.20. The van der Waals surface area contributed by atoms with E-state index in [4.69, 9.17) is 4.42 Å². The molecule has 102 valence electrons. The lowest BCUT2D eigenvalue weighted by molar-refractivity contribution is 0.181. The van der Waals surface area contributed by atoms with Gasteiger partial charge >= 0.3 is 0 Å². The second kappa shape index (κ2) is 5.74. The Morgan fingerprint density at radius 2 is 2.05 bits per heavy atom. The van der Waals surface area contributed by atoms with Crippen molar-refractivity contribution in [2.45, 2.75) is 32.6 Å². The first kappa shape index (κ1) is 12.7. The Balaban J connectivity index is 1.55. The summed E-state index contributed by atoms with van der Waals surface area (Å²) in [6, 6.07) is 7.99. The fraction of sp³-hybridized carbons (Fsp3) is 0.562. The Morgan fingerprint density at radius 3 is 2.79 bits per heavy atom. The average Bonchev–Trinajstić information content (AvgIpc) is 2.88. The van der Waals surface area contributed by atoms with Gasteiger partial charge in [0.15, 0.2) is 11.5 Å². The Hall–Kier alpha value is -1.35. The molecule has 0 aliphatic carbocycles. The van der Waals surface area contributed by atoms with Crippen molar-refractivity contribution in [1.29, 1.82) is 0 Å². The molecule has 0 radical (unpaired) electrons. The first-order chi connectivity index (χ1) is 9.35. The van der Waals surface area contributed by atoms with Gasteiger partial charge in [0.1, 0.15) is 5.52 Å². The zero-order valence-corrected chi connectivity index (χ0v) is 11.6. The lowest BCUT2D eigenvalue weighted by Gasteiger charge is -2.31. The molecule has 0 atom stereocenters. The van der Waals surface area contributed by atoms with Gasteiger partial charge < -0.3 is 9.32 Å². The van der Waals surface area contributed by atoms with Crippen LogP contribution in [0.25, 0.3) is 11.1 Å². The molecule has 3 nitrogen and oxygen atoms in total. The van der Waals surface area contributed by atoms with E-state index in [1.54, 1.807) is 0 Å². The minimum atomic E-state index is 0.874. The van der Waals surface area contributed by atoms with E-state index in [2.05, 4.69) is 16.8 Å². The number of likely N-dealkylation sites (tertiary alicyclic amines) is 1. The normalized spacial score (nSPS) is 18.2. The second-order valence-corrected chi connectivity index (χ2v) is 5.52. The van der Waals surface area contributed by atoms with Crippen molar-refractivity contribution in [2.75, 3.05) is 19.6 Å². The predicted octanol–water partition coefficient (Wildman–Crippen LogP) is 3.49. The van der Waals surface area contributed by atoms with Crippen LogP contribution < -0.4 is 0 Å². The third kappa shape index (κ3) is 2.98. The fourth-order valence-electron chi connectivity index (χ4n) is 2.90. The fourth-order valence-corrected chi connectivity index (χ4v) is 2.90. The van der Waals surface area contributed by atoms with Crippen LogP contribution in [0, 0.1) is 5.92 Å². The molecule has 3 heteroatoms. The number of aromatic nitrogens is 1. The van der Waals surface area contributed by atoms with Gasteiger partial charge in [-0.05, 0) is 44.0 Å². The van der Waals surface area contributed by atoms with Crippen LogP contribution in [0.15, 0.2) is 28.7 Å². The Labute approximate surface area is 114 Å². The highest BCUT2D eigenvalue weighted by Gasteiger charge is 2.18. The Morgan fingerprint density at radius 1 is 1.26 bits per heavy atom. The van der Waals surface area contributed by atoms with Crippen molar-refractivity contribution in [3.8, 4) is 0 Å². The first-order valence-electron chi connectivity index (χ1n) is 7.42. The number of fused-ring (bicyclic) bond motifs is 1. The first-order valence-corrected chi connectivity index (χ1v) is 7.42. The molecule has 1 aliphatic rings. The maximum atomic E-state index is 5.76. The number of oxazole rings is 1. The third-order valence-corrected chi connectivity index (χ3v) is 4.26. The van der Waals surface area contributed by atoms with Crippen LogP contribution in [0.3, 0.4) is 0 Å². The van der Waals surface area contributed by atoms with Crippen LogP contribution in [0.2, 0.25) is 0 Å². The van der Waals surface area contributed by atoms with E-state index < -0.39 is 0 Å². The molecule has 2 heterocycles. The monoisotopic (exact) mass is 258 g/mol. The molecule has 19 heavy (non-hydrogen) atoms. The minimum Gasteiger partial charge on any atom is -0.441 e. The van der Waals surface area contributed by atoms with Crippen LogP contribution in [0.1, 0.15) is 32.1 Å². The van der Waals surface area contributed by atoms with E-state index in [0.717, 1.165) is 35.9 Å². The highest BCUT2D eigenvalue weighted by atomic mass is 16.3. The minimum absolute atomic E-state index is 0.874. The molecule has 1 saturated heterocycles. The van der Waals surface area contributed by atoms with Gasteiger partial charge in [0.2, 0.25) is 0 Å². The number of piperidine rings is 1. The van der Waals surface area contributed by atoms with Gasteiger partial charge in [-0.15, -0.1) is 0 Å². The van der Waals surface area contributed by atoms with Crippen molar-refractivity contribution in [3.05, 3.63) is 30.2 Å². The summed E-state index contributed by atoms with van der Waals surface area (Å²) in [7, 11) is 0. The molecule has 0 unspecified atom stereocenters. The van der Waals surface area contributed by atoms with Crippen LogP contribution in [0.4, 0.5) is 0 Å². The number of rotatable bonds is 4. The molecular formula is C16H22N2O. The molecule has 1 fully saturated rings. The lowest BCUT2D eigenvalue weighted by Crippen LogP contribution is -2.35. The smallest absolute Gasteiger partial charge is 0.196 e. The van der Waals surface area contributed by atoms with Gasteiger partial charge in [-0.1, -0.05) is 25.5 Å². The summed E-state index contributed by atoms with van der Waals surface area (Å²) in [6.45, 7) is 5.85. The molecule has 0 amide bonds. The van der Waals surface area contributed by atoms with Gasteiger partial charge in [-0.3, -0.25) is 0 Å². The van der Waals surface area contributed by atoms with E-state index >= 15 is 0 Å². The van der Waals surface area contributed by atoms with Crippen LogP contribution in [-0.4, -0.2) is 29.5 Å². The van der Waals surface area contributed by atoms with Crippen LogP contribution >= 0.6 is 0 Å². The summed E-state index contributed by atoms with van der Waals surface area (Å²) in [6.07, 6.45) is 4.96. The summed E-state index contributed by atoms with van der Waals surface area (Å²) in [5.41, 5.74) is 1.88. The number of nitrogens with zero attached hydrogens (tertiary/aromatic N) is 2. The number of hydrogen-bond acceptors (Lipinski definition) is 3. The molecule has 1 aromatic heterocycles. The highest BCUT2D eigenvalue weighted by molar-refractivity contribution is 5.72. The van der Waals surface area contributed by atoms with Gasteiger partial charge in [-0.25, -0.2) is 4.98 Å². The maximum absolute atomic E-state index is 5.76. The van der Waals surface area contributed by atoms with Crippen molar-refractivity contribution in [1.82, 2.24) is 9.88 Å². The molecule has 0 bridgehead atoms. The topological polar surface area (TPSA) is 29.3 Å². The van der Waals surface area contributed by atoms with Crippen LogP contribution in [0.5, 0.6) is 0 Å². The van der Waals surface area contributed by atoms with Crippen LogP contribution in [-0.2, 0) is 6.42 Å². The zero-order chi connectivity index (χ0) is 13.1. The summed E-state index contributed by atoms with van der Waals surface area (Å²) >= 11 is 0. The molecule has 0 N–H and O–H groups in total. The summed E-state index contributed by atoms with van der Waals surface area (Å²) in [4.78, 5) is 7.08. The van der Waals surface area contributed by atoms with E-state index in [-0.39, 0.29) is 0 Å². The molecule has 0 spiro atoms. The third-order valence-electron chi connectivity index (χ3n) is 4.26. The van der Waals surface area contributed by atoms with E-state index in [1.165, 1.54) is 32.4 Å². The molecule has 2 aromatic rings. The SMILES string of the molecule is CCC1CCN(CCc2nc3ccccc3o2)CC1. The average molecular weight is 258 g/mol. The Bertz CT molecular complexity index is 493. The van der Waals surface area contributed by atoms with Crippen molar-refractivity contribution in [2.24, 2.45) is 5.92 Å². The molecule has 3 rings (SSSR count). The van der Waals surface area contributed by atoms with E-state index in [9.17, 15) is 0 Å². The van der Waals surface area contributed by atoms with Gasteiger partial charge in [0.05, 0.1) is 0 Å². The van der Waals surface area contributed by atoms with E-state index in [1.807, 2.05) is 24.3 Å². The number of para-hydroxylation sites is 2. The molecule has 0 saturated carbocycles. The zero-order valence-electron chi connectivity index (χ0n) is 11.6. The van der Waals surface area contributed by atoms with Gasteiger partial charge in [0, 0.05) is 13.0 Å². The summed E-state index contributed by atoms with van der Waals surface area (Å²) in [5, 5.41) is 0. The largest absolute Gasteiger partial charge is 0.441 e. The van der Waals surface area contributed by atoms with Gasteiger partial charge in [0.25, 0.3) is 0 Å². The maximum Gasteiger partial charge on any atom is 0.196 e. The molecule has 1 aliphatic heterocycles. The van der Waals surface area contributed by atoms with Gasteiger partial charge in [-0.2, -0.15) is 0 Å².